The summed E-state index contributed by atoms with van der Waals surface area (Å²) in [7, 11) is 1.34. The molecule has 2 aromatic rings. The molecule has 0 aliphatic rings. The lowest BCUT2D eigenvalue weighted by molar-refractivity contribution is 0.0601. The van der Waals surface area contributed by atoms with E-state index in [1.54, 1.807) is 36.5 Å². The fourth-order valence-corrected chi connectivity index (χ4v) is 1.50. The van der Waals surface area contributed by atoms with E-state index >= 15 is 0 Å². The first-order valence-electron chi connectivity index (χ1n) is 5.03. The van der Waals surface area contributed by atoms with Gasteiger partial charge in [0.05, 0.1) is 18.9 Å². The summed E-state index contributed by atoms with van der Waals surface area (Å²) in [6, 6.07) is 8.52. The van der Waals surface area contributed by atoms with E-state index in [2.05, 4.69) is 9.72 Å². The van der Waals surface area contributed by atoms with Crippen LogP contribution in [-0.4, -0.2) is 23.2 Å². The summed E-state index contributed by atoms with van der Waals surface area (Å²) in [5.74, 6) is -0.259. The lowest BCUT2D eigenvalue weighted by Crippen LogP contribution is -2.00. The molecule has 0 radical (unpaired) electrons. The van der Waals surface area contributed by atoms with Gasteiger partial charge in [0.15, 0.2) is 0 Å². The zero-order valence-corrected chi connectivity index (χ0v) is 9.25. The predicted molar refractivity (Wildman–Crippen MR) is 62.7 cm³/mol. The molecule has 0 saturated heterocycles. The maximum atomic E-state index is 11.2. The highest BCUT2D eigenvalue weighted by Gasteiger charge is 2.05. The number of carbonyl (C=O) groups excluding carboxylic acids is 1. The average Bonchev–Trinajstić information content (AvgIpc) is 2.38. The highest BCUT2D eigenvalue weighted by Crippen LogP contribution is 2.22. The van der Waals surface area contributed by atoms with E-state index in [-0.39, 0.29) is 11.7 Å². The zero-order chi connectivity index (χ0) is 12.3. The highest BCUT2D eigenvalue weighted by atomic mass is 16.5. The molecule has 0 spiro atoms. The molecule has 86 valence electrons. The molecule has 0 aliphatic carbocycles. The van der Waals surface area contributed by atoms with Crippen LogP contribution in [0, 0.1) is 0 Å². The number of carbonyl (C=O) groups is 1. The van der Waals surface area contributed by atoms with E-state index in [1.165, 1.54) is 13.3 Å². The van der Waals surface area contributed by atoms with Crippen LogP contribution in [-0.2, 0) is 4.74 Å². The first kappa shape index (κ1) is 11.1. The maximum absolute atomic E-state index is 11.2. The van der Waals surface area contributed by atoms with Crippen LogP contribution in [0.1, 0.15) is 10.4 Å². The Bertz CT molecular complexity index is 535. The Balaban J connectivity index is 2.32. The summed E-state index contributed by atoms with van der Waals surface area (Å²) in [6.45, 7) is 0. The lowest BCUT2D eigenvalue weighted by Gasteiger charge is -2.03. The van der Waals surface area contributed by atoms with Crippen molar-refractivity contribution < 1.29 is 14.6 Å². The second-order valence-electron chi connectivity index (χ2n) is 3.50. The first-order valence-corrected chi connectivity index (χ1v) is 5.03. The van der Waals surface area contributed by atoms with E-state index in [0.717, 1.165) is 11.1 Å². The van der Waals surface area contributed by atoms with Gasteiger partial charge in [-0.2, -0.15) is 0 Å². The first-order chi connectivity index (χ1) is 8.20. The van der Waals surface area contributed by atoms with Gasteiger partial charge >= 0.3 is 5.97 Å². The number of hydrogen-bond acceptors (Lipinski definition) is 4. The largest absolute Gasteiger partial charge is 0.506 e. The van der Waals surface area contributed by atoms with Crippen LogP contribution in [0.2, 0.25) is 0 Å². The summed E-state index contributed by atoms with van der Waals surface area (Å²) in [5, 5.41) is 9.32. The molecule has 0 saturated carbocycles. The van der Waals surface area contributed by atoms with Crippen molar-refractivity contribution in [3.8, 4) is 16.9 Å². The number of esters is 1. The van der Waals surface area contributed by atoms with Crippen LogP contribution >= 0.6 is 0 Å². The van der Waals surface area contributed by atoms with Crippen molar-refractivity contribution in [3.05, 3.63) is 48.3 Å². The summed E-state index contributed by atoms with van der Waals surface area (Å²) >= 11 is 0. The van der Waals surface area contributed by atoms with Crippen LogP contribution in [0.25, 0.3) is 11.1 Å². The minimum atomic E-state index is -0.370. The Morgan fingerprint density at radius 2 is 1.88 bits per heavy atom. The highest BCUT2D eigenvalue weighted by molar-refractivity contribution is 5.89. The molecule has 0 aliphatic heterocycles. The molecule has 2 rings (SSSR count). The van der Waals surface area contributed by atoms with Crippen LogP contribution in [0.5, 0.6) is 5.75 Å². The number of aromatic nitrogens is 1. The minimum Gasteiger partial charge on any atom is -0.506 e. The van der Waals surface area contributed by atoms with Crippen LogP contribution in [0.15, 0.2) is 42.7 Å². The fraction of sp³-hybridized carbons (Fsp3) is 0.0769. The molecule has 0 fully saturated rings. The molecule has 4 heteroatoms. The summed E-state index contributed by atoms with van der Waals surface area (Å²) in [4.78, 5) is 15.1. The van der Waals surface area contributed by atoms with Gasteiger partial charge in [-0.1, -0.05) is 12.1 Å². The van der Waals surface area contributed by atoms with Crippen molar-refractivity contribution in [3.63, 3.8) is 0 Å². The Morgan fingerprint density at radius 3 is 2.47 bits per heavy atom. The van der Waals surface area contributed by atoms with Gasteiger partial charge in [-0.3, -0.25) is 4.98 Å². The molecule has 0 atom stereocenters. The Labute approximate surface area is 98.5 Å². The molecule has 1 aromatic carbocycles. The number of benzene rings is 1. The van der Waals surface area contributed by atoms with Crippen LogP contribution < -0.4 is 0 Å². The molecule has 0 amide bonds. The molecule has 0 unspecified atom stereocenters. The smallest absolute Gasteiger partial charge is 0.337 e. The van der Waals surface area contributed by atoms with E-state index in [4.69, 9.17) is 0 Å². The number of methoxy groups -OCH3 is 1. The van der Waals surface area contributed by atoms with Crippen molar-refractivity contribution in [1.82, 2.24) is 4.98 Å². The number of hydrogen-bond donors (Lipinski definition) is 1. The second-order valence-corrected chi connectivity index (χ2v) is 3.50. The Morgan fingerprint density at radius 1 is 1.18 bits per heavy atom. The summed E-state index contributed by atoms with van der Waals surface area (Å²) in [6.07, 6.45) is 3.01. The molecular formula is C13H11NO3. The number of nitrogens with zero attached hydrogens (tertiary/aromatic N) is 1. The van der Waals surface area contributed by atoms with Gasteiger partial charge in [-0.05, 0) is 23.8 Å². The maximum Gasteiger partial charge on any atom is 0.337 e. The van der Waals surface area contributed by atoms with E-state index in [1.807, 2.05) is 0 Å². The fourth-order valence-electron chi connectivity index (χ4n) is 1.50. The Hall–Kier alpha value is -2.36. The molecule has 1 N–H and O–H groups in total. The molecule has 1 aromatic heterocycles. The van der Waals surface area contributed by atoms with Crippen molar-refractivity contribution in [2.75, 3.05) is 7.11 Å². The molecule has 17 heavy (non-hydrogen) atoms. The number of aromatic hydroxyl groups is 1. The van der Waals surface area contributed by atoms with E-state index in [0.29, 0.717) is 5.56 Å². The number of pyridine rings is 1. The third kappa shape index (κ3) is 2.42. The minimum absolute atomic E-state index is 0.111. The van der Waals surface area contributed by atoms with Crippen molar-refractivity contribution in [2.24, 2.45) is 0 Å². The predicted octanol–water partition coefficient (Wildman–Crippen LogP) is 2.24. The molecule has 4 nitrogen and oxygen atoms in total. The third-order valence-electron chi connectivity index (χ3n) is 2.36. The molecule has 0 bridgehead atoms. The monoisotopic (exact) mass is 229 g/mol. The zero-order valence-electron chi connectivity index (χ0n) is 9.25. The van der Waals surface area contributed by atoms with Crippen molar-refractivity contribution >= 4 is 5.97 Å². The molecular weight excluding hydrogens is 218 g/mol. The quantitative estimate of drug-likeness (QED) is 0.802. The average molecular weight is 229 g/mol. The van der Waals surface area contributed by atoms with Gasteiger partial charge in [0.25, 0.3) is 0 Å². The van der Waals surface area contributed by atoms with Gasteiger partial charge in [0.1, 0.15) is 5.75 Å². The van der Waals surface area contributed by atoms with Gasteiger partial charge in [-0.15, -0.1) is 0 Å². The standard InChI is InChI=1S/C13H11NO3/c1-17-13(16)10-4-2-9(3-5-10)11-6-12(15)8-14-7-11/h2-8,15H,1H3. The van der Waals surface area contributed by atoms with Gasteiger partial charge in [-0.25, -0.2) is 4.79 Å². The van der Waals surface area contributed by atoms with Gasteiger partial charge in [0.2, 0.25) is 0 Å². The van der Waals surface area contributed by atoms with Crippen LogP contribution in [0.4, 0.5) is 0 Å². The molecule has 1 heterocycles. The topological polar surface area (TPSA) is 59.4 Å². The lowest BCUT2D eigenvalue weighted by atomic mass is 10.1. The normalized spacial score (nSPS) is 9.94. The van der Waals surface area contributed by atoms with Crippen LogP contribution in [0.3, 0.4) is 0 Å². The number of ether oxygens (including phenoxy) is 1. The van der Waals surface area contributed by atoms with E-state index in [9.17, 15) is 9.90 Å². The van der Waals surface area contributed by atoms with Crippen molar-refractivity contribution in [1.29, 1.82) is 0 Å². The van der Waals surface area contributed by atoms with Crippen molar-refractivity contribution in [2.45, 2.75) is 0 Å². The van der Waals surface area contributed by atoms with Gasteiger partial charge < -0.3 is 9.84 Å². The summed E-state index contributed by atoms with van der Waals surface area (Å²) < 4.78 is 4.61. The number of rotatable bonds is 2. The summed E-state index contributed by atoms with van der Waals surface area (Å²) in [5.41, 5.74) is 2.16. The third-order valence-corrected chi connectivity index (χ3v) is 2.36. The SMILES string of the molecule is COC(=O)c1ccc(-c2cncc(O)c2)cc1. The second kappa shape index (κ2) is 4.65. The van der Waals surface area contributed by atoms with E-state index < -0.39 is 0 Å². The van der Waals surface area contributed by atoms with Gasteiger partial charge in [0, 0.05) is 11.8 Å². The Kier molecular flexibility index (Phi) is 3.05.